The Bertz CT molecular complexity index is 222. The third kappa shape index (κ3) is 1.93. The maximum Gasteiger partial charge on any atom is 0.221 e. The summed E-state index contributed by atoms with van der Waals surface area (Å²) < 4.78 is 4.67. The van der Waals surface area contributed by atoms with Crippen molar-refractivity contribution >= 4 is 0 Å². The number of rotatable bonds is 3. The first-order valence-corrected chi connectivity index (χ1v) is 3.25. The van der Waals surface area contributed by atoms with Crippen LogP contribution in [0.25, 0.3) is 0 Å². The van der Waals surface area contributed by atoms with E-state index in [1.807, 2.05) is 0 Å². The van der Waals surface area contributed by atoms with Gasteiger partial charge < -0.3 is 4.74 Å². The van der Waals surface area contributed by atoms with Gasteiger partial charge in [-0.05, 0) is 6.07 Å². The van der Waals surface area contributed by atoms with Gasteiger partial charge in [-0.1, -0.05) is 18.2 Å². The summed E-state index contributed by atoms with van der Waals surface area (Å²) in [6.07, 6.45) is 0. The number of benzene rings is 1. The minimum atomic E-state index is -0.642. The van der Waals surface area contributed by atoms with Crippen LogP contribution < -0.4 is 4.74 Å². The third-order valence-corrected chi connectivity index (χ3v) is 1.34. The molecule has 0 fully saturated rings. The molecule has 0 amide bonds. The van der Waals surface area contributed by atoms with Crippen molar-refractivity contribution in [2.45, 2.75) is 6.61 Å². The number of hydrogen-bond donors (Lipinski definition) is 0. The molecule has 1 aromatic rings. The fraction of sp³-hybridized carbons (Fsp3) is 0.250. The van der Waals surface area contributed by atoms with Crippen molar-refractivity contribution in [1.82, 2.24) is 0 Å². The molecular formula is C8H8O3. The molecule has 0 saturated heterocycles. The van der Waals surface area contributed by atoms with Gasteiger partial charge in [0.1, 0.15) is 12.4 Å². The Labute approximate surface area is 64.9 Å². The predicted octanol–water partition coefficient (Wildman–Crippen LogP) is 1.38. The zero-order chi connectivity index (χ0) is 8.10. The second kappa shape index (κ2) is 3.95. The second-order valence-electron chi connectivity index (χ2n) is 2.01. The lowest BCUT2D eigenvalue weighted by Gasteiger charge is -2.04. The molecular weight excluding hydrogens is 144 g/mol. The summed E-state index contributed by atoms with van der Waals surface area (Å²) in [5.41, 5.74) is 0.531. The van der Waals surface area contributed by atoms with Crippen LogP contribution in [0.4, 0.5) is 0 Å². The monoisotopic (exact) mass is 152 g/mol. The van der Waals surface area contributed by atoms with Crippen LogP contribution in [0.15, 0.2) is 24.3 Å². The predicted molar refractivity (Wildman–Crippen MR) is 37.0 cm³/mol. The molecule has 0 atom stereocenters. The van der Waals surface area contributed by atoms with Crippen molar-refractivity contribution in [3.63, 3.8) is 0 Å². The van der Waals surface area contributed by atoms with Gasteiger partial charge in [-0.25, -0.2) is 5.11 Å². The van der Waals surface area contributed by atoms with E-state index in [-0.39, 0.29) is 6.61 Å². The second-order valence-corrected chi connectivity index (χ2v) is 2.01. The molecule has 1 rings (SSSR count). The highest BCUT2D eigenvalue weighted by molar-refractivity contribution is 5.32. The highest BCUT2D eigenvalue weighted by atomic mass is 16.6. The van der Waals surface area contributed by atoms with E-state index in [1.54, 1.807) is 24.3 Å². The minimum Gasteiger partial charge on any atom is -0.464 e. The average molecular weight is 152 g/mol. The molecule has 0 aliphatic heterocycles. The molecule has 0 spiro atoms. The summed E-state index contributed by atoms with van der Waals surface area (Å²) in [6, 6.07) is 6.73. The Morgan fingerprint density at radius 3 is 2.55 bits per heavy atom. The van der Waals surface area contributed by atoms with E-state index in [9.17, 15) is 10.2 Å². The lowest BCUT2D eigenvalue weighted by atomic mass is 10.2. The van der Waals surface area contributed by atoms with E-state index < -0.39 is 6.79 Å². The Balaban J connectivity index is 2.83. The standard InChI is InChI=1S/C8H8O3/c9-5-7-3-1-2-4-8(7)11-6-10/h1-4H,5-6H2. The lowest BCUT2D eigenvalue weighted by molar-refractivity contribution is 0.0353. The fourth-order valence-corrected chi connectivity index (χ4v) is 0.827. The normalized spacial score (nSPS) is 9.64. The van der Waals surface area contributed by atoms with Crippen molar-refractivity contribution in [3.05, 3.63) is 29.8 Å². The number of ether oxygens (including phenoxy) is 1. The summed E-state index contributed by atoms with van der Waals surface area (Å²) in [6.45, 7) is -0.993. The number of para-hydroxylation sites is 1. The van der Waals surface area contributed by atoms with Crippen LogP contribution in [0.1, 0.15) is 5.56 Å². The first-order valence-electron chi connectivity index (χ1n) is 3.25. The van der Waals surface area contributed by atoms with Crippen LogP contribution in [0.5, 0.6) is 5.75 Å². The van der Waals surface area contributed by atoms with Gasteiger partial charge in [-0.15, -0.1) is 0 Å². The quantitative estimate of drug-likeness (QED) is 0.603. The molecule has 3 heteroatoms. The molecule has 0 aliphatic carbocycles. The van der Waals surface area contributed by atoms with Gasteiger partial charge in [0.15, 0.2) is 0 Å². The highest BCUT2D eigenvalue weighted by Crippen LogP contribution is 2.17. The van der Waals surface area contributed by atoms with Gasteiger partial charge in [0.2, 0.25) is 6.79 Å². The highest BCUT2D eigenvalue weighted by Gasteiger charge is 1.99. The summed E-state index contributed by atoms with van der Waals surface area (Å²) in [5.74, 6) is 0.400. The van der Waals surface area contributed by atoms with E-state index in [4.69, 9.17) is 0 Å². The van der Waals surface area contributed by atoms with Gasteiger partial charge in [-0.3, -0.25) is 0 Å². The van der Waals surface area contributed by atoms with E-state index in [0.717, 1.165) is 0 Å². The van der Waals surface area contributed by atoms with Gasteiger partial charge in [0.25, 0.3) is 0 Å². The van der Waals surface area contributed by atoms with Crippen LogP contribution in [0.3, 0.4) is 0 Å². The Hall–Kier alpha value is -1.06. The van der Waals surface area contributed by atoms with Crippen LogP contribution in [-0.2, 0) is 16.8 Å². The molecule has 1 aromatic carbocycles. The summed E-state index contributed by atoms with van der Waals surface area (Å²) in [7, 11) is 0. The zero-order valence-corrected chi connectivity index (χ0v) is 5.95. The average Bonchev–Trinajstić information content (AvgIpc) is 2.06. The van der Waals surface area contributed by atoms with E-state index in [0.29, 0.717) is 11.3 Å². The molecule has 0 aliphatic rings. The molecule has 0 heterocycles. The summed E-state index contributed by atoms with van der Waals surface area (Å²) in [4.78, 5) is 0. The lowest BCUT2D eigenvalue weighted by Crippen LogP contribution is -1.96. The van der Waals surface area contributed by atoms with E-state index >= 15 is 0 Å². The van der Waals surface area contributed by atoms with Gasteiger partial charge >= 0.3 is 0 Å². The molecule has 0 unspecified atom stereocenters. The van der Waals surface area contributed by atoms with E-state index in [2.05, 4.69) is 4.74 Å². The van der Waals surface area contributed by atoms with Crippen LogP contribution in [0, 0.1) is 0 Å². The van der Waals surface area contributed by atoms with Gasteiger partial charge in [0, 0.05) is 5.56 Å². The van der Waals surface area contributed by atoms with Crippen molar-refractivity contribution in [2.75, 3.05) is 6.79 Å². The molecule has 2 radical (unpaired) electrons. The van der Waals surface area contributed by atoms with Gasteiger partial charge in [-0.2, -0.15) is 5.11 Å². The van der Waals surface area contributed by atoms with Crippen LogP contribution >= 0.6 is 0 Å². The molecule has 11 heavy (non-hydrogen) atoms. The van der Waals surface area contributed by atoms with Crippen molar-refractivity contribution < 1.29 is 14.9 Å². The fourth-order valence-electron chi connectivity index (χ4n) is 0.827. The molecule has 58 valence electrons. The number of hydrogen-bond acceptors (Lipinski definition) is 1. The zero-order valence-electron chi connectivity index (χ0n) is 5.95. The van der Waals surface area contributed by atoms with E-state index in [1.165, 1.54) is 0 Å². The Morgan fingerprint density at radius 1 is 1.18 bits per heavy atom. The minimum absolute atomic E-state index is 0.351. The molecule has 0 aromatic heterocycles. The third-order valence-electron chi connectivity index (χ3n) is 1.34. The van der Waals surface area contributed by atoms with Gasteiger partial charge in [0.05, 0.1) is 0 Å². The van der Waals surface area contributed by atoms with Crippen molar-refractivity contribution in [3.8, 4) is 5.75 Å². The Morgan fingerprint density at radius 2 is 1.91 bits per heavy atom. The van der Waals surface area contributed by atoms with Crippen LogP contribution in [-0.4, -0.2) is 6.79 Å². The smallest absolute Gasteiger partial charge is 0.221 e. The first kappa shape index (κ1) is 8.04. The topological polar surface area (TPSA) is 49.0 Å². The maximum atomic E-state index is 10.4. The Kier molecular flexibility index (Phi) is 2.89. The maximum absolute atomic E-state index is 10.4. The van der Waals surface area contributed by atoms with Crippen molar-refractivity contribution in [2.24, 2.45) is 0 Å². The molecule has 3 nitrogen and oxygen atoms in total. The summed E-state index contributed by atoms with van der Waals surface area (Å²) in [5, 5.41) is 20.5. The molecule has 0 bridgehead atoms. The molecule has 0 N–H and O–H groups in total. The SMILES string of the molecule is [O]COc1ccccc1C[O]. The first-order chi connectivity index (χ1) is 5.38. The molecule has 0 saturated carbocycles. The largest absolute Gasteiger partial charge is 0.464 e. The van der Waals surface area contributed by atoms with Crippen LogP contribution in [0.2, 0.25) is 0 Å². The van der Waals surface area contributed by atoms with Crippen molar-refractivity contribution in [1.29, 1.82) is 0 Å². The summed E-state index contributed by atoms with van der Waals surface area (Å²) >= 11 is 0.